The molecule has 0 saturated carbocycles. The number of carboxylic acid groups (broad SMARTS) is 3. The molecule has 29 heavy (non-hydrogen) atoms. The van der Waals surface area contributed by atoms with Gasteiger partial charge in [-0.05, 0) is 19.3 Å². The van der Waals surface area contributed by atoms with E-state index in [9.17, 15) is 19.2 Å². The minimum Gasteiger partial charge on any atom is -0.481 e. The van der Waals surface area contributed by atoms with Crippen molar-refractivity contribution in [2.45, 2.75) is 109 Å². The van der Waals surface area contributed by atoms with Crippen LogP contribution in [0.2, 0.25) is 0 Å². The lowest BCUT2D eigenvalue weighted by Crippen LogP contribution is -2.41. The molecule has 0 fully saturated rings. The Kier molecular flexibility index (Phi) is 16.6. The van der Waals surface area contributed by atoms with E-state index in [-0.39, 0.29) is 31.6 Å². The van der Waals surface area contributed by atoms with Gasteiger partial charge in [0.2, 0.25) is 5.91 Å². The average Bonchev–Trinajstić information content (AvgIpc) is 2.64. The summed E-state index contributed by atoms with van der Waals surface area (Å²) in [7, 11) is 0. The lowest BCUT2D eigenvalue weighted by atomic mass is 10.0. The molecule has 0 aromatic carbocycles. The largest absolute Gasteiger partial charge is 0.481 e. The normalized spacial score (nSPS) is 11.7. The third kappa shape index (κ3) is 19.0. The van der Waals surface area contributed by atoms with Gasteiger partial charge in [0.15, 0.2) is 0 Å². The van der Waals surface area contributed by atoms with E-state index < -0.39 is 23.9 Å². The van der Waals surface area contributed by atoms with Gasteiger partial charge in [-0.1, -0.05) is 64.2 Å². The van der Waals surface area contributed by atoms with E-state index in [1.807, 2.05) is 0 Å². The third-order valence-electron chi connectivity index (χ3n) is 4.82. The number of unbranched alkanes of at least 4 members (excludes halogenated alkanes) is 11. The van der Waals surface area contributed by atoms with Crippen molar-refractivity contribution in [2.24, 2.45) is 0 Å². The number of rotatable bonds is 20. The van der Waals surface area contributed by atoms with Crippen LogP contribution in [0.25, 0.3) is 0 Å². The van der Waals surface area contributed by atoms with Gasteiger partial charge in [0.1, 0.15) is 6.04 Å². The molecule has 0 aliphatic carbocycles. The van der Waals surface area contributed by atoms with E-state index in [0.717, 1.165) is 38.5 Å². The molecule has 8 heteroatoms. The van der Waals surface area contributed by atoms with Gasteiger partial charge >= 0.3 is 17.9 Å². The molecule has 0 saturated heterocycles. The summed E-state index contributed by atoms with van der Waals surface area (Å²) in [5, 5.41) is 28.6. The molecule has 0 heterocycles. The minimum atomic E-state index is -1.21. The number of hydrogen-bond donors (Lipinski definition) is 4. The molecule has 0 radical (unpaired) electrons. The third-order valence-corrected chi connectivity index (χ3v) is 4.82. The van der Waals surface area contributed by atoms with Gasteiger partial charge in [-0.25, -0.2) is 4.79 Å². The van der Waals surface area contributed by atoms with Crippen LogP contribution in [0.15, 0.2) is 0 Å². The van der Waals surface area contributed by atoms with E-state index in [2.05, 4.69) is 5.32 Å². The average molecular weight is 416 g/mol. The fourth-order valence-corrected chi connectivity index (χ4v) is 3.12. The van der Waals surface area contributed by atoms with Crippen LogP contribution >= 0.6 is 0 Å². The Labute approximate surface area is 173 Å². The van der Waals surface area contributed by atoms with Crippen LogP contribution in [-0.4, -0.2) is 45.2 Å². The number of aliphatic carboxylic acids is 3. The molecule has 0 spiro atoms. The minimum absolute atomic E-state index is 0.112. The van der Waals surface area contributed by atoms with Crippen LogP contribution in [0, 0.1) is 0 Å². The molecule has 1 atom stereocenters. The maximum absolute atomic E-state index is 11.8. The molecule has 4 N–H and O–H groups in total. The SMILES string of the molecule is O=C(O)CCCCCCCCCCCCCCC(=O)NC(CCC(=O)O)C(=O)O. The summed E-state index contributed by atoms with van der Waals surface area (Å²) in [6, 6.07) is -1.14. The van der Waals surface area contributed by atoms with Gasteiger partial charge in [0, 0.05) is 19.3 Å². The highest BCUT2D eigenvalue weighted by molar-refractivity contribution is 5.83. The first-order valence-corrected chi connectivity index (χ1v) is 10.8. The molecule has 1 unspecified atom stereocenters. The molecule has 0 bridgehead atoms. The Morgan fingerprint density at radius 3 is 1.31 bits per heavy atom. The Morgan fingerprint density at radius 1 is 0.552 bits per heavy atom. The highest BCUT2D eigenvalue weighted by atomic mass is 16.4. The predicted molar refractivity (Wildman–Crippen MR) is 109 cm³/mol. The summed E-state index contributed by atoms with van der Waals surface area (Å²) >= 11 is 0. The zero-order chi connectivity index (χ0) is 21.9. The molecule has 0 aliphatic heterocycles. The Bertz CT molecular complexity index is 493. The predicted octanol–water partition coefficient (Wildman–Crippen LogP) is 3.97. The van der Waals surface area contributed by atoms with E-state index in [1.165, 1.54) is 32.1 Å². The maximum atomic E-state index is 11.8. The number of nitrogens with one attached hydrogen (secondary N) is 1. The van der Waals surface area contributed by atoms with Crippen molar-refractivity contribution in [1.29, 1.82) is 0 Å². The van der Waals surface area contributed by atoms with Gasteiger partial charge in [0.25, 0.3) is 0 Å². The summed E-state index contributed by atoms with van der Waals surface area (Å²) in [5.74, 6) is -3.35. The van der Waals surface area contributed by atoms with E-state index in [1.54, 1.807) is 0 Å². The highest BCUT2D eigenvalue weighted by Gasteiger charge is 2.20. The second-order valence-electron chi connectivity index (χ2n) is 7.53. The van der Waals surface area contributed by atoms with E-state index in [0.29, 0.717) is 6.42 Å². The van der Waals surface area contributed by atoms with Crippen LogP contribution in [-0.2, 0) is 19.2 Å². The lowest BCUT2D eigenvalue weighted by Gasteiger charge is -2.13. The van der Waals surface area contributed by atoms with Crippen molar-refractivity contribution >= 4 is 23.8 Å². The molecule has 0 aromatic heterocycles. The van der Waals surface area contributed by atoms with Gasteiger partial charge in [-0.15, -0.1) is 0 Å². The molecule has 1 amide bonds. The van der Waals surface area contributed by atoms with Crippen LogP contribution in [0.1, 0.15) is 103 Å². The topological polar surface area (TPSA) is 141 Å². The smallest absolute Gasteiger partial charge is 0.326 e. The second-order valence-corrected chi connectivity index (χ2v) is 7.53. The molecule has 0 aromatic rings. The standard InChI is InChI=1S/C21H37NO7/c23-18(22-17(21(28)29)15-16-20(26)27)13-11-9-7-5-3-1-2-4-6-8-10-12-14-19(24)25/h17H,1-16H2,(H,22,23)(H,24,25)(H,26,27)(H,28,29). The first-order valence-electron chi connectivity index (χ1n) is 10.8. The molecular formula is C21H37NO7. The Morgan fingerprint density at radius 2 is 0.931 bits per heavy atom. The fourth-order valence-electron chi connectivity index (χ4n) is 3.12. The van der Waals surface area contributed by atoms with Crippen molar-refractivity contribution in [1.82, 2.24) is 5.32 Å². The van der Waals surface area contributed by atoms with Gasteiger partial charge in [-0.2, -0.15) is 0 Å². The molecule has 8 nitrogen and oxygen atoms in total. The lowest BCUT2D eigenvalue weighted by molar-refractivity contribution is -0.143. The first-order chi connectivity index (χ1) is 13.8. The summed E-state index contributed by atoms with van der Waals surface area (Å²) in [4.78, 5) is 43.7. The number of carbonyl (C=O) groups is 4. The number of carboxylic acids is 3. The number of amides is 1. The maximum Gasteiger partial charge on any atom is 0.326 e. The van der Waals surface area contributed by atoms with Crippen LogP contribution < -0.4 is 5.32 Å². The van der Waals surface area contributed by atoms with Crippen molar-refractivity contribution < 1.29 is 34.5 Å². The van der Waals surface area contributed by atoms with Crippen LogP contribution in [0.3, 0.4) is 0 Å². The molecule has 0 aliphatic rings. The fraction of sp³-hybridized carbons (Fsp3) is 0.810. The van der Waals surface area contributed by atoms with Crippen LogP contribution in [0.5, 0.6) is 0 Å². The zero-order valence-corrected chi connectivity index (χ0v) is 17.4. The quantitative estimate of drug-likeness (QED) is 0.220. The highest BCUT2D eigenvalue weighted by Crippen LogP contribution is 2.13. The van der Waals surface area contributed by atoms with Gasteiger partial charge in [0.05, 0.1) is 0 Å². The van der Waals surface area contributed by atoms with Crippen molar-refractivity contribution in [3.63, 3.8) is 0 Å². The van der Waals surface area contributed by atoms with Crippen molar-refractivity contribution in [3.8, 4) is 0 Å². The number of hydrogen-bond acceptors (Lipinski definition) is 4. The summed E-state index contributed by atoms with van der Waals surface area (Å²) in [6.07, 6.45) is 12.7. The molecular weight excluding hydrogens is 378 g/mol. The van der Waals surface area contributed by atoms with Gasteiger partial charge in [-0.3, -0.25) is 14.4 Å². The monoisotopic (exact) mass is 415 g/mol. The first kappa shape index (κ1) is 26.9. The van der Waals surface area contributed by atoms with Gasteiger partial charge < -0.3 is 20.6 Å². The van der Waals surface area contributed by atoms with E-state index >= 15 is 0 Å². The Hall–Kier alpha value is -2.12. The number of carbonyl (C=O) groups excluding carboxylic acids is 1. The van der Waals surface area contributed by atoms with Crippen LogP contribution in [0.4, 0.5) is 0 Å². The van der Waals surface area contributed by atoms with E-state index in [4.69, 9.17) is 15.3 Å². The summed E-state index contributed by atoms with van der Waals surface area (Å²) < 4.78 is 0. The summed E-state index contributed by atoms with van der Waals surface area (Å²) in [6.45, 7) is 0. The van der Waals surface area contributed by atoms with Crippen molar-refractivity contribution in [2.75, 3.05) is 0 Å². The molecule has 0 rings (SSSR count). The zero-order valence-electron chi connectivity index (χ0n) is 17.4. The second kappa shape index (κ2) is 17.9. The van der Waals surface area contributed by atoms with Crippen molar-refractivity contribution in [3.05, 3.63) is 0 Å². The Balaban J connectivity index is 3.48. The molecule has 168 valence electrons. The summed E-state index contributed by atoms with van der Waals surface area (Å²) in [5.41, 5.74) is 0.